The fourth-order valence-electron chi connectivity index (χ4n) is 2.04. The predicted octanol–water partition coefficient (Wildman–Crippen LogP) is 3.03. The minimum absolute atomic E-state index is 0.790. The van der Waals surface area contributed by atoms with Crippen molar-refractivity contribution >= 4 is 38.8 Å². The molecule has 98 valence electrons. The van der Waals surface area contributed by atoms with Gasteiger partial charge < -0.3 is 10.6 Å². The summed E-state index contributed by atoms with van der Waals surface area (Å²) in [6.45, 7) is 2.90. The van der Waals surface area contributed by atoms with Gasteiger partial charge in [0.1, 0.15) is 5.82 Å². The summed E-state index contributed by atoms with van der Waals surface area (Å²) in [5, 5.41) is 6.53. The molecule has 0 saturated heterocycles. The van der Waals surface area contributed by atoms with Crippen molar-refractivity contribution < 1.29 is 0 Å². The van der Waals surface area contributed by atoms with Crippen LogP contribution in [0.25, 0.3) is 0 Å². The average molecular weight is 329 g/mol. The second-order valence-corrected chi connectivity index (χ2v) is 6.16. The van der Waals surface area contributed by atoms with Crippen molar-refractivity contribution in [2.24, 2.45) is 7.05 Å². The van der Waals surface area contributed by atoms with E-state index < -0.39 is 0 Å². The maximum atomic E-state index is 6.14. The van der Waals surface area contributed by atoms with Crippen molar-refractivity contribution in [3.63, 3.8) is 0 Å². The summed E-state index contributed by atoms with van der Waals surface area (Å²) < 4.78 is 2.99. The van der Waals surface area contributed by atoms with Gasteiger partial charge >= 0.3 is 0 Å². The van der Waals surface area contributed by atoms with Crippen molar-refractivity contribution in [3.8, 4) is 0 Å². The number of nitrogen functional groups attached to an aromatic ring is 1. The van der Waals surface area contributed by atoms with E-state index in [0.29, 0.717) is 0 Å². The van der Waals surface area contributed by atoms with E-state index in [1.165, 1.54) is 4.88 Å². The molecule has 2 aromatic rings. The fourth-order valence-corrected chi connectivity index (χ4v) is 3.55. The lowest BCUT2D eigenvalue weighted by molar-refractivity contribution is 0.722. The molecular formula is C12H17BrN4S. The Bertz CT molecular complexity index is 546. The number of hydrogen-bond acceptors (Lipinski definition) is 4. The third kappa shape index (κ3) is 2.54. The van der Waals surface area contributed by atoms with E-state index in [9.17, 15) is 0 Å². The Morgan fingerprint density at radius 3 is 2.78 bits per heavy atom. The third-order valence-electron chi connectivity index (χ3n) is 2.84. The number of rotatable bonds is 4. The Labute approximate surface area is 120 Å². The normalized spacial score (nSPS) is 10.9. The van der Waals surface area contributed by atoms with E-state index >= 15 is 0 Å². The average Bonchev–Trinajstić information content (AvgIpc) is 2.83. The quantitative estimate of drug-likeness (QED) is 0.938. The van der Waals surface area contributed by atoms with Crippen LogP contribution in [0.2, 0.25) is 0 Å². The summed E-state index contributed by atoms with van der Waals surface area (Å²) in [7, 11) is 3.98. The van der Waals surface area contributed by atoms with Crippen molar-refractivity contribution in [1.29, 1.82) is 0 Å². The summed E-state index contributed by atoms with van der Waals surface area (Å²) in [5.41, 5.74) is 7.90. The van der Waals surface area contributed by atoms with Gasteiger partial charge in [0, 0.05) is 28.8 Å². The Kier molecular flexibility index (Phi) is 3.97. The molecule has 0 saturated carbocycles. The molecule has 0 aliphatic rings. The maximum Gasteiger partial charge on any atom is 0.150 e. The molecule has 0 unspecified atom stereocenters. The molecule has 0 aliphatic carbocycles. The number of anilines is 2. The molecule has 0 fully saturated rings. The van der Waals surface area contributed by atoms with Gasteiger partial charge in [0.05, 0.1) is 17.9 Å². The smallest absolute Gasteiger partial charge is 0.150 e. The van der Waals surface area contributed by atoms with Gasteiger partial charge in [-0.2, -0.15) is 5.10 Å². The largest absolute Gasteiger partial charge is 0.394 e. The van der Waals surface area contributed by atoms with E-state index in [1.54, 1.807) is 11.3 Å². The fraction of sp³-hybridized carbons (Fsp3) is 0.417. The topological polar surface area (TPSA) is 47.1 Å². The van der Waals surface area contributed by atoms with Gasteiger partial charge in [-0.15, -0.1) is 11.3 Å². The van der Waals surface area contributed by atoms with Gasteiger partial charge in [-0.3, -0.25) is 4.68 Å². The lowest BCUT2D eigenvalue weighted by Gasteiger charge is -2.19. The molecule has 2 aromatic heterocycles. The molecule has 2 N–H and O–H groups in total. The van der Waals surface area contributed by atoms with E-state index in [0.717, 1.165) is 34.6 Å². The number of thiophene rings is 1. The molecule has 0 atom stereocenters. The SMILES string of the molecule is CCc1nn(C)c(N(C)Cc2cc(Br)cs2)c1N. The number of halogens is 1. The summed E-state index contributed by atoms with van der Waals surface area (Å²) >= 11 is 5.21. The summed E-state index contributed by atoms with van der Waals surface area (Å²) in [6.07, 6.45) is 0.859. The first-order valence-corrected chi connectivity index (χ1v) is 7.45. The van der Waals surface area contributed by atoms with Crippen LogP contribution in [0.5, 0.6) is 0 Å². The highest BCUT2D eigenvalue weighted by Gasteiger charge is 2.16. The van der Waals surface area contributed by atoms with Crippen molar-refractivity contribution in [3.05, 3.63) is 26.5 Å². The van der Waals surface area contributed by atoms with Gasteiger partial charge in [0.15, 0.2) is 0 Å². The highest BCUT2D eigenvalue weighted by Crippen LogP contribution is 2.28. The first-order chi connectivity index (χ1) is 8.52. The Morgan fingerprint density at radius 2 is 2.28 bits per heavy atom. The second kappa shape index (κ2) is 5.32. The minimum Gasteiger partial charge on any atom is -0.394 e. The molecule has 0 aromatic carbocycles. The molecule has 0 spiro atoms. The van der Waals surface area contributed by atoms with Crippen molar-refractivity contribution in [2.45, 2.75) is 19.9 Å². The summed E-state index contributed by atoms with van der Waals surface area (Å²) in [4.78, 5) is 3.43. The zero-order valence-corrected chi connectivity index (χ0v) is 13.2. The zero-order valence-electron chi connectivity index (χ0n) is 10.8. The van der Waals surface area contributed by atoms with Crippen LogP contribution in [-0.2, 0) is 20.0 Å². The molecule has 2 rings (SSSR count). The molecule has 2 heterocycles. The molecule has 0 aliphatic heterocycles. The number of aryl methyl sites for hydroxylation is 2. The summed E-state index contributed by atoms with van der Waals surface area (Å²) in [5.74, 6) is 0.983. The van der Waals surface area contributed by atoms with E-state index in [-0.39, 0.29) is 0 Å². The first-order valence-electron chi connectivity index (χ1n) is 5.78. The molecule has 0 radical (unpaired) electrons. The molecule has 0 amide bonds. The molecule has 6 heteroatoms. The molecule has 18 heavy (non-hydrogen) atoms. The van der Waals surface area contributed by atoms with E-state index in [4.69, 9.17) is 5.73 Å². The third-order valence-corrected chi connectivity index (χ3v) is 4.52. The highest BCUT2D eigenvalue weighted by molar-refractivity contribution is 9.10. The van der Waals surface area contributed by atoms with Crippen LogP contribution in [0.1, 0.15) is 17.5 Å². The van der Waals surface area contributed by atoms with E-state index in [2.05, 4.69) is 44.3 Å². The Balaban J connectivity index is 2.23. The van der Waals surface area contributed by atoms with Gasteiger partial charge in [0.25, 0.3) is 0 Å². The van der Waals surface area contributed by atoms with Crippen LogP contribution in [0.15, 0.2) is 15.9 Å². The van der Waals surface area contributed by atoms with Crippen molar-refractivity contribution in [2.75, 3.05) is 17.7 Å². The maximum absolute atomic E-state index is 6.14. The van der Waals surface area contributed by atoms with Crippen LogP contribution in [0.4, 0.5) is 11.5 Å². The van der Waals surface area contributed by atoms with Gasteiger partial charge in [-0.25, -0.2) is 0 Å². The van der Waals surface area contributed by atoms with Gasteiger partial charge in [-0.1, -0.05) is 6.92 Å². The monoisotopic (exact) mass is 328 g/mol. The van der Waals surface area contributed by atoms with Gasteiger partial charge in [0.2, 0.25) is 0 Å². The number of hydrogen-bond donors (Lipinski definition) is 1. The Morgan fingerprint density at radius 1 is 1.56 bits per heavy atom. The van der Waals surface area contributed by atoms with E-state index in [1.807, 2.05) is 18.8 Å². The minimum atomic E-state index is 0.790. The van der Waals surface area contributed by atoms with Crippen LogP contribution in [0.3, 0.4) is 0 Å². The second-order valence-electron chi connectivity index (χ2n) is 4.25. The van der Waals surface area contributed by atoms with Crippen LogP contribution >= 0.6 is 27.3 Å². The number of nitrogens with zero attached hydrogens (tertiary/aromatic N) is 3. The van der Waals surface area contributed by atoms with Crippen LogP contribution < -0.4 is 10.6 Å². The highest BCUT2D eigenvalue weighted by atomic mass is 79.9. The Hall–Kier alpha value is -1.01. The lowest BCUT2D eigenvalue weighted by Crippen LogP contribution is -2.19. The van der Waals surface area contributed by atoms with Crippen LogP contribution in [0, 0.1) is 0 Å². The van der Waals surface area contributed by atoms with Gasteiger partial charge in [-0.05, 0) is 28.4 Å². The zero-order chi connectivity index (χ0) is 13.3. The summed E-state index contributed by atoms with van der Waals surface area (Å²) in [6, 6.07) is 2.13. The molecular weight excluding hydrogens is 312 g/mol. The number of aromatic nitrogens is 2. The molecule has 0 bridgehead atoms. The number of nitrogens with two attached hydrogens (primary N) is 1. The first kappa shape index (κ1) is 13.4. The van der Waals surface area contributed by atoms with Crippen molar-refractivity contribution in [1.82, 2.24) is 9.78 Å². The lowest BCUT2D eigenvalue weighted by atomic mass is 10.3. The van der Waals surface area contributed by atoms with Crippen LogP contribution in [-0.4, -0.2) is 16.8 Å². The predicted molar refractivity (Wildman–Crippen MR) is 81.1 cm³/mol. The standard InChI is InChI=1S/C12H17BrN4S/c1-4-10-11(14)12(17(3)15-10)16(2)6-9-5-8(13)7-18-9/h5,7H,4,6,14H2,1-3H3. The molecule has 4 nitrogen and oxygen atoms in total.